The summed E-state index contributed by atoms with van der Waals surface area (Å²) in [4.78, 5) is 24.1. The van der Waals surface area contributed by atoms with E-state index in [0.29, 0.717) is 11.1 Å². The van der Waals surface area contributed by atoms with Crippen molar-refractivity contribution in [2.45, 2.75) is 37.6 Å². The molecule has 0 aliphatic carbocycles. The summed E-state index contributed by atoms with van der Waals surface area (Å²) in [5, 5.41) is 41.6. The third-order valence-corrected chi connectivity index (χ3v) is 6.16. The molecule has 1 aliphatic heterocycles. The van der Waals surface area contributed by atoms with Gasteiger partial charge in [0, 0.05) is 11.1 Å². The molecule has 3 aromatic rings. The van der Waals surface area contributed by atoms with Gasteiger partial charge in [-0.3, -0.25) is 9.59 Å². The number of carbonyl (C=O) groups is 2. The molecule has 0 saturated carbocycles. The van der Waals surface area contributed by atoms with Gasteiger partial charge in [0.05, 0.1) is 6.61 Å². The van der Waals surface area contributed by atoms with E-state index in [1.807, 2.05) is 36.4 Å². The number of Topliss-reactive ketones (excluding diaryl/α,β-unsaturated/α-hetero) is 1. The van der Waals surface area contributed by atoms with Gasteiger partial charge in [0.25, 0.3) is 5.91 Å². The van der Waals surface area contributed by atoms with Crippen LogP contribution in [0.2, 0.25) is 0 Å². The van der Waals surface area contributed by atoms with Crippen LogP contribution in [0.5, 0.6) is 0 Å². The lowest BCUT2D eigenvalue weighted by atomic mass is 9.97. The number of hydrogen-bond acceptors (Lipinski definition) is 7. The van der Waals surface area contributed by atoms with Crippen LogP contribution in [0.4, 0.5) is 0 Å². The van der Waals surface area contributed by atoms with Crippen LogP contribution in [0.1, 0.15) is 27.6 Å². The lowest BCUT2D eigenvalue weighted by molar-refractivity contribution is -0.233. The van der Waals surface area contributed by atoms with E-state index in [4.69, 9.17) is 4.74 Å². The Bertz CT molecular complexity index is 1170. The number of nitrogens with one attached hydrogen (secondary N) is 1. The van der Waals surface area contributed by atoms with Crippen LogP contribution in [0.25, 0.3) is 22.3 Å². The highest BCUT2D eigenvalue weighted by Crippen LogP contribution is 2.26. The Morgan fingerprint density at radius 1 is 0.714 bits per heavy atom. The lowest BCUT2D eigenvalue weighted by Gasteiger charge is -2.40. The first-order chi connectivity index (χ1) is 16.8. The Labute approximate surface area is 202 Å². The van der Waals surface area contributed by atoms with Crippen molar-refractivity contribution >= 4 is 11.7 Å². The summed E-state index contributed by atoms with van der Waals surface area (Å²) < 4.78 is 5.32. The SMILES string of the molecule is CC(=O)c1ccc(-c2ccc(-c3ccc(C(=O)NC4OC(CO)C(O)C(O)C4O)cc3)cc2)cc1. The van der Waals surface area contributed by atoms with Gasteiger partial charge in [-0.15, -0.1) is 0 Å². The molecule has 4 rings (SSSR count). The molecule has 1 aliphatic rings. The lowest BCUT2D eigenvalue weighted by Crippen LogP contribution is -2.63. The number of amides is 1. The molecule has 8 heteroatoms. The molecule has 8 nitrogen and oxygen atoms in total. The maximum Gasteiger partial charge on any atom is 0.253 e. The minimum atomic E-state index is -1.57. The number of aliphatic hydroxyl groups excluding tert-OH is 4. The highest BCUT2D eigenvalue weighted by molar-refractivity contribution is 5.95. The maximum atomic E-state index is 12.6. The second kappa shape index (κ2) is 10.5. The molecule has 0 spiro atoms. The first-order valence-electron chi connectivity index (χ1n) is 11.2. The van der Waals surface area contributed by atoms with Crippen LogP contribution >= 0.6 is 0 Å². The monoisotopic (exact) mass is 477 g/mol. The van der Waals surface area contributed by atoms with Gasteiger partial charge in [-0.1, -0.05) is 60.7 Å². The zero-order chi connectivity index (χ0) is 25.1. The van der Waals surface area contributed by atoms with Gasteiger partial charge in [0.15, 0.2) is 12.0 Å². The van der Waals surface area contributed by atoms with Crippen LogP contribution in [0, 0.1) is 0 Å². The van der Waals surface area contributed by atoms with Crippen LogP contribution in [0.15, 0.2) is 72.8 Å². The molecule has 5 atom stereocenters. The molecule has 1 fully saturated rings. The van der Waals surface area contributed by atoms with Crippen molar-refractivity contribution < 1.29 is 34.8 Å². The van der Waals surface area contributed by atoms with Crippen molar-refractivity contribution in [2.75, 3.05) is 6.61 Å². The van der Waals surface area contributed by atoms with E-state index in [1.54, 1.807) is 36.4 Å². The number of aliphatic hydroxyl groups is 4. The van der Waals surface area contributed by atoms with Crippen molar-refractivity contribution in [2.24, 2.45) is 0 Å². The van der Waals surface area contributed by atoms with Gasteiger partial charge in [-0.05, 0) is 41.3 Å². The Morgan fingerprint density at radius 3 is 1.57 bits per heavy atom. The number of ether oxygens (including phenoxy) is 1. The van der Waals surface area contributed by atoms with E-state index >= 15 is 0 Å². The normalized spacial score (nSPS) is 24.1. The summed E-state index contributed by atoms with van der Waals surface area (Å²) in [6.45, 7) is 0.961. The van der Waals surface area contributed by atoms with Crippen molar-refractivity contribution in [3.05, 3.63) is 83.9 Å². The number of benzene rings is 3. The van der Waals surface area contributed by atoms with Crippen molar-refractivity contribution in [1.29, 1.82) is 0 Å². The molecule has 5 N–H and O–H groups in total. The van der Waals surface area contributed by atoms with E-state index < -0.39 is 43.2 Å². The number of hydrogen-bond donors (Lipinski definition) is 5. The minimum Gasteiger partial charge on any atom is -0.394 e. The van der Waals surface area contributed by atoms with Crippen LogP contribution in [-0.2, 0) is 4.74 Å². The maximum absolute atomic E-state index is 12.6. The number of carbonyl (C=O) groups excluding carboxylic acids is 2. The number of ketones is 1. The summed E-state index contributed by atoms with van der Waals surface area (Å²) >= 11 is 0. The van der Waals surface area contributed by atoms with E-state index in [-0.39, 0.29) is 5.78 Å². The van der Waals surface area contributed by atoms with Gasteiger partial charge in [-0.25, -0.2) is 0 Å². The van der Waals surface area contributed by atoms with Gasteiger partial charge in [0.1, 0.15) is 24.4 Å². The average molecular weight is 478 g/mol. The van der Waals surface area contributed by atoms with Crippen LogP contribution in [-0.4, -0.2) is 69.4 Å². The molecular weight excluding hydrogens is 450 g/mol. The second-order valence-electron chi connectivity index (χ2n) is 8.51. The predicted octanol–water partition coefficient (Wildman–Crippen LogP) is 1.75. The minimum absolute atomic E-state index is 0.0252. The van der Waals surface area contributed by atoms with Crippen molar-refractivity contribution in [3.63, 3.8) is 0 Å². The molecular formula is C27H27NO7. The number of rotatable bonds is 6. The van der Waals surface area contributed by atoms with Crippen molar-refractivity contribution in [1.82, 2.24) is 5.32 Å². The Morgan fingerprint density at radius 2 is 1.14 bits per heavy atom. The van der Waals surface area contributed by atoms with Gasteiger partial charge in [0.2, 0.25) is 0 Å². The molecule has 0 aromatic heterocycles. The summed E-state index contributed by atoms with van der Waals surface area (Å²) in [5.74, 6) is -0.512. The van der Waals surface area contributed by atoms with Crippen LogP contribution < -0.4 is 5.32 Å². The summed E-state index contributed by atoms with van der Waals surface area (Å²) in [6, 6.07) is 22.2. The second-order valence-corrected chi connectivity index (χ2v) is 8.51. The van der Waals surface area contributed by atoms with Gasteiger partial charge in [-0.2, -0.15) is 0 Å². The average Bonchev–Trinajstić information content (AvgIpc) is 2.89. The van der Waals surface area contributed by atoms with E-state index in [9.17, 15) is 30.0 Å². The third-order valence-electron chi connectivity index (χ3n) is 6.16. The third kappa shape index (κ3) is 5.32. The molecule has 0 radical (unpaired) electrons. The standard InChI is InChI=1S/C27H27NO7/c1-15(30)16-2-4-17(5-3-16)18-6-8-19(9-7-18)20-10-12-21(13-11-20)26(34)28-27-25(33)24(32)23(31)22(14-29)35-27/h2-13,22-25,27,29,31-33H,14H2,1H3,(H,28,34). The zero-order valence-corrected chi connectivity index (χ0v) is 19.0. The smallest absolute Gasteiger partial charge is 0.253 e. The molecule has 5 unspecified atom stereocenters. The first kappa shape index (κ1) is 24.7. The largest absolute Gasteiger partial charge is 0.394 e. The predicted molar refractivity (Wildman–Crippen MR) is 129 cm³/mol. The van der Waals surface area contributed by atoms with Crippen molar-refractivity contribution in [3.8, 4) is 22.3 Å². The fourth-order valence-electron chi connectivity index (χ4n) is 4.00. The molecule has 35 heavy (non-hydrogen) atoms. The Hall–Kier alpha value is -3.40. The fraction of sp³-hybridized carbons (Fsp3) is 0.259. The van der Waals surface area contributed by atoms with Gasteiger partial charge < -0.3 is 30.5 Å². The highest BCUT2D eigenvalue weighted by Gasteiger charge is 2.44. The molecule has 1 heterocycles. The Kier molecular flexibility index (Phi) is 7.39. The molecule has 1 saturated heterocycles. The van der Waals surface area contributed by atoms with E-state index in [1.165, 1.54) is 6.92 Å². The van der Waals surface area contributed by atoms with Gasteiger partial charge >= 0.3 is 0 Å². The summed E-state index contributed by atoms with van der Waals surface area (Å²) in [6.07, 6.45) is -6.99. The summed E-state index contributed by atoms with van der Waals surface area (Å²) in [5.41, 5.74) is 4.85. The molecule has 3 aromatic carbocycles. The topological polar surface area (TPSA) is 136 Å². The molecule has 0 bridgehead atoms. The molecule has 1 amide bonds. The molecule has 182 valence electrons. The highest BCUT2D eigenvalue weighted by atomic mass is 16.6. The fourth-order valence-corrected chi connectivity index (χ4v) is 4.00. The Balaban J connectivity index is 1.43. The van der Waals surface area contributed by atoms with Crippen LogP contribution in [0.3, 0.4) is 0 Å². The van der Waals surface area contributed by atoms with E-state index in [2.05, 4.69) is 5.32 Å². The van der Waals surface area contributed by atoms with E-state index in [0.717, 1.165) is 22.3 Å². The quantitative estimate of drug-likeness (QED) is 0.341. The first-order valence-corrected chi connectivity index (χ1v) is 11.2. The zero-order valence-electron chi connectivity index (χ0n) is 19.0. The summed E-state index contributed by atoms with van der Waals surface area (Å²) in [7, 11) is 0.